The van der Waals surface area contributed by atoms with Crippen molar-refractivity contribution < 1.29 is 0 Å². The Balaban J connectivity index is 2.12. The lowest BCUT2D eigenvalue weighted by Gasteiger charge is -2.21. The van der Waals surface area contributed by atoms with Gasteiger partial charge in [0.05, 0.1) is 0 Å². The molecule has 1 nitrogen and oxygen atoms in total. The second kappa shape index (κ2) is 5.44. The summed E-state index contributed by atoms with van der Waals surface area (Å²) in [4.78, 5) is 0. The van der Waals surface area contributed by atoms with Crippen molar-refractivity contribution in [2.45, 2.75) is 53.0 Å². The highest BCUT2D eigenvalue weighted by Gasteiger charge is 2.50. The van der Waals surface area contributed by atoms with Gasteiger partial charge < -0.3 is 5.32 Å². The van der Waals surface area contributed by atoms with Crippen LogP contribution in [0.3, 0.4) is 0 Å². The van der Waals surface area contributed by atoms with Crippen molar-refractivity contribution in [1.82, 2.24) is 5.32 Å². The summed E-state index contributed by atoms with van der Waals surface area (Å²) in [7, 11) is 0. The largest absolute Gasteiger partial charge is 0.310 e. The van der Waals surface area contributed by atoms with E-state index in [-0.39, 0.29) is 0 Å². The minimum absolute atomic E-state index is 0.523. The summed E-state index contributed by atoms with van der Waals surface area (Å²) >= 11 is 0. The third kappa shape index (κ3) is 2.95. The number of rotatable bonds is 6. The molecule has 100 valence electrons. The quantitative estimate of drug-likeness (QED) is 0.786. The van der Waals surface area contributed by atoms with Gasteiger partial charge in [-0.05, 0) is 48.3 Å². The predicted molar refractivity (Wildman–Crippen MR) is 78.7 cm³/mol. The van der Waals surface area contributed by atoms with Crippen LogP contribution in [0, 0.1) is 11.3 Å². The van der Waals surface area contributed by atoms with E-state index in [4.69, 9.17) is 0 Å². The van der Waals surface area contributed by atoms with Crippen LogP contribution in [0.1, 0.15) is 57.7 Å². The highest BCUT2D eigenvalue weighted by Crippen LogP contribution is 2.57. The van der Waals surface area contributed by atoms with Crippen molar-refractivity contribution in [1.29, 1.82) is 0 Å². The van der Waals surface area contributed by atoms with Crippen LogP contribution in [0.4, 0.5) is 0 Å². The molecule has 1 heteroatoms. The zero-order valence-corrected chi connectivity index (χ0v) is 12.3. The van der Waals surface area contributed by atoms with Crippen LogP contribution in [-0.2, 0) is 6.42 Å². The van der Waals surface area contributed by atoms with Gasteiger partial charge in [0.25, 0.3) is 0 Å². The molecular weight excluding hydrogens is 218 g/mol. The molecule has 0 heterocycles. The molecule has 0 aromatic heterocycles. The Hall–Kier alpha value is -0.820. The van der Waals surface area contributed by atoms with Crippen LogP contribution in [0.25, 0.3) is 0 Å². The minimum Gasteiger partial charge on any atom is -0.310 e. The number of aryl methyl sites for hydroxylation is 1. The average molecular weight is 245 g/mol. The lowest BCUT2D eigenvalue weighted by atomic mass is 9.96. The molecule has 1 aliphatic rings. The minimum atomic E-state index is 0.523. The van der Waals surface area contributed by atoms with Gasteiger partial charge in [-0.15, -0.1) is 0 Å². The van der Waals surface area contributed by atoms with Crippen molar-refractivity contribution in [3.05, 3.63) is 35.4 Å². The molecule has 0 amide bonds. The summed E-state index contributed by atoms with van der Waals surface area (Å²) in [5.41, 5.74) is 3.42. The van der Waals surface area contributed by atoms with Crippen molar-refractivity contribution in [3.63, 3.8) is 0 Å². The van der Waals surface area contributed by atoms with Gasteiger partial charge in [0.15, 0.2) is 0 Å². The SMILES string of the molecule is CCCNC(c1ccc(CC)cc1)C1CC1(C)C. The first-order chi connectivity index (χ1) is 8.58. The summed E-state index contributed by atoms with van der Waals surface area (Å²) in [5, 5.41) is 3.74. The van der Waals surface area contributed by atoms with Crippen LogP contribution in [0.15, 0.2) is 24.3 Å². The topological polar surface area (TPSA) is 12.0 Å². The molecule has 0 bridgehead atoms. The van der Waals surface area contributed by atoms with E-state index in [9.17, 15) is 0 Å². The lowest BCUT2D eigenvalue weighted by molar-refractivity contribution is 0.416. The predicted octanol–water partition coefficient (Wildman–Crippen LogP) is 4.34. The number of hydrogen-bond acceptors (Lipinski definition) is 1. The van der Waals surface area contributed by atoms with Gasteiger partial charge in [-0.25, -0.2) is 0 Å². The van der Waals surface area contributed by atoms with E-state index in [1.165, 1.54) is 24.0 Å². The summed E-state index contributed by atoms with van der Waals surface area (Å²) in [6, 6.07) is 9.75. The Morgan fingerprint density at radius 1 is 1.22 bits per heavy atom. The summed E-state index contributed by atoms with van der Waals surface area (Å²) in [6.45, 7) is 10.3. The fourth-order valence-corrected chi connectivity index (χ4v) is 2.83. The molecule has 1 N–H and O–H groups in total. The van der Waals surface area contributed by atoms with E-state index < -0.39 is 0 Å². The van der Waals surface area contributed by atoms with Gasteiger partial charge >= 0.3 is 0 Å². The van der Waals surface area contributed by atoms with Gasteiger partial charge in [0.1, 0.15) is 0 Å². The molecule has 0 radical (unpaired) electrons. The van der Waals surface area contributed by atoms with Crippen LogP contribution >= 0.6 is 0 Å². The highest BCUT2D eigenvalue weighted by molar-refractivity contribution is 5.27. The highest BCUT2D eigenvalue weighted by atomic mass is 14.9. The lowest BCUT2D eigenvalue weighted by Crippen LogP contribution is -2.25. The molecule has 0 spiro atoms. The third-order valence-electron chi connectivity index (χ3n) is 4.35. The summed E-state index contributed by atoms with van der Waals surface area (Å²) in [6.07, 6.45) is 3.68. The summed E-state index contributed by atoms with van der Waals surface area (Å²) in [5.74, 6) is 0.802. The van der Waals surface area contributed by atoms with Gasteiger partial charge in [-0.2, -0.15) is 0 Å². The monoisotopic (exact) mass is 245 g/mol. The van der Waals surface area contributed by atoms with E-state index in [2.05, 4.69) is 57.3 Å². The van der Waals surface area contributed by atoms with Gasteiger partial charge in [-0.1, -0.05) is 52.0 Å². The number of hydrogen-bond donors (Lipinski definition) is 1. The van der Waals surface area contributed by atoms with Crippen molar-refractivity contribution in [2.75, 3.05) is 6.54 Å². The maximum absolute atomic E-state index is 3.74. The Labute approximate surface area is 112 Å². The molecule has 0 saturated heterocycles. The van der Waals surface area contributed by atoms with Crippen molar-refractivity contribution in [3.8, 4) is 0 Å². The first kappa shape index (κ1) is 13.6. The molecular formula is C17H27N. The van der Waals surface area contributed by atoms with E-state index in [0.29, 0.717) is 11.5 Å². The Morgan fingerprint density at radius 2 is 1.83 bits per heavy atom. The van der Waals surface area contributed by atoms with E-state index in [1.54, 1.807) is 0 Å². The average Bonchev–Trinajstić information content (AvgIpc) is 2.99. The molecule has 1 aliphatic carbocycles. The van der Waals surface area contributed by atoms with E-state index in [0.717, 1.165) is 18.9 Å². The normalized spacial score (nSPS) is 22.8. The Bertz CT molecular complexity index is 377. The maximum atomic E-state index is 3.74. The fourth-order valence-electron chi connectivity index (χ4n) is 2.83. The zero-order chi connectivity index (χ0) is 13.2. The van der Waals surface area contributed by atoms with E-state index >= 15 is 0 Å². The third-order valence-corrected chi connectivity index (χ3v) is 4.35. The molecule has 18 heavy (non-hydrogen) atoms. The first-order valence-corrected chi connectivity index (χ1v) is 7.40. The molecule has 1 fully saturated rings. The Kier molecular flexibility index (Phi) is 4.11. The standard InChI is InChI=1S/C17H27N/c1-5-11-18-16(15-12-17(15,3)4)14-9-7-13(6-2)8-10-14/h7-10,15-16,18H,5-6,11-12H2,1-4H3. The summed E-state index contributed by atoms with van der Waals surface area (Å²) < 4.78 is 0. The fraction of sp³-hybridized carbons (Fsp3) is 0.647. The maximum Gasteiger partial charge on any atom is 0.0353 e. The number of benzene rings is 1. The van der Waals surface area contributed by atoms with E-state index in [1.807, 2.05) is 0 Å². The van der Waals surface area contributed by atoms with Crippen molar-refractivity contribution >= 4 is 0 Å². The molecule has 0 aliphatic heterocycles. The van der Waals surface area contributed by atoms with Gasteiger partial charge in [0.2, 0.25) is 0 Å². The smallest absolute Gasteiger partial charge is 0.0353 e. The second-order valence-corrected chi connectivity index (χ2v) is 6.33. The van der Waals surface area contributed by atoms with Crippen LogP contribution in [0.2, 0.25) is 0 Å². The van der Waals surface area contributed by atoms with Gasteiger partial charge in [0, 0.05) is 6.04 Å². The molecule has 1 aromatic rings. The Morgan fingerprint density at radius 3 is 2.28 bits per heavy atom. The molecule has 2 atom stereocenters. The number of nitrogens with one attached hydrogen (secondary N) is 1. The van der Waals surface area contributed by atoms with Crippen LogP contribution in [0.5, 0.6) is 0 Å². The van der Waals surface area contributed by atoms with Gasteiger partial charge in [-0.3, -0.25) is 0 Å². The molecule has 1 saturated carbocycles. The first-order valence-electron chi connectivity index (χ1n) is 7.40. The molecule has 1 aromatic carbocycles. The van der Waals surface area contributed by atoms with Crippen LogP contribution in [-0.4, -0.2) is 6.54 Å². The molecule has 2 rings (SSSR count). The second-order valence-electron chi connectivity index (χ2n) is 6.33. The molecule has 2 unspecified atom stereocenters. The zero-order valence-electron chi connectivity index (χ0n) is 12.3. The van der Waals surface area contributed by atoms with Crippen molar-refractivity contribution in [2.24, 2.45) is 11.3 Å². The van der Waals surface area contributed by atoms with Crippen LogP contribution < -0.4 is 5.32 Å².